The smallest absolute Gasteiger partial charge is 0.339 e. The number of halogens is 1. The van der Waals surface area contributed by atoms with E-state index in [2.05, 4.69) is 4.98 Å². The Bertz CT molecular complexity index is 352. The molecule has 0 unspecified atom stereocenters. The standard InChI is InChI=1S/C11H15ClN2O2/c1-4-16-11(15)9-5-6-10(13-7-9)14(12)8(2)3/h5-8H,4H2,1-3H3. The average molecular weight is 243 g/mol. The van der Waals surface area contributed by atoms with Gasteiger partial charge in [-0.1, -0.05) is 0 Å². The molecule has 0 atom stereocenters. The first-order chi connectivity index (χ1) is 7.56. The topological polar surface area (TPSA) is 42.4 Å². The molecule has 0 saturated carbocycles. The fourth-order valence-electron chi connectivity index (χ4n) is 1.11. The Morgan fingerprint density at radius 2 is 2.25 bits per heavy atom. The molecule has 4 nitrogen and oxygen atoms in total. The summed E-state index contributed by atoms with van der Waals surface area (Å²) in [4.78, 5) is 15.4. The van der Waals surface area contributed by atoms with E-state index in [9.17, 15) is 4.79 Å². The van der Waals surface area contributed by atoms with E-state index < -0.39 is 0 Å². The fourth-order valence-corrected chi connectivity index (χ4v) is 1.21. The molecule has 1 aromatic heterocycles. The number of carbonyl (C=O) groups is 1. The van der Waals surface area contributed by atoms with Crippen molar-refractivity contribution in [3.63, 3.8) is 0 Å². The number of pyridine rings is 1. The van der Waals surface area contributed by atoms with Gasteiger partial charge in [0.1, 0.15) is 5.82 Å². The molecule has 0 radical (unpaired) electrons. The molecule has 88 valence electrons. The van der Waals surface area contributed by atoms with Crippen LogP contribution in [0.15, 0.2) is 18.3 Å². The monoisotopic (exact) mass is 242 g/mol. The predicted molar refractivity (Wildman–Crippen MR) is 63.7 cm³/mol. The highest BCUT2D eigenvalue weighted by Crippen LogP contribution is 2.16. The Hall–Kier alpha value is -1.29. The molecule has 0 aliphatic rings. The van der Waals surface area contributed by atoms with Gasteiger partial charge < -0.3 is 4.74 Å². The maximum absolute atomic E-state index is 11.4. The molecule has 0 N–H and O–H groups in total. The summed E-state index contributed by atoms with van der Waals surface area (Å²) >= 11 is 5.99. The highest BCUT2D eigenvalue weighted by molar-refractivity contribution is 6.25. The summed E-state index contributed by atoms with van der Waals surface area (Å²) in [6.07, 6.45) is 1.46. The van der Waals surface area contributed by atoms with E-state index in [4.69, 9.17) is 16.5 Å². The van der Waals surface area contributed by atoms with Crippen LogP contribution < -0.4 is 4.42 Å². The second-order valence-electron chi connectivity index (χ2n) is 3.53. The number of ether oxygens (including phenoxy) is 1. The van der Waals surface area contributed by atoms with Gasteiger partial charge in [-0.3, -0.25) is 4.42 Å². The minimum Gasteiger partial charge on any atom is -0.462 e. The maximum Gasteiger partial charge on any atom is 0.339 e. The van der Waals surface area contributed by atoms with Crippen molar-refractivity contribution < 1.29 is 9.53 Å². The van der Waals surface area contributed by atoms with Gasteiger partial charge in [0.05, 0.1) is 12.2 Å². The molecule has 0 fully saturated rings. The maximum atomic E-state index is 11.4. The van der Waals surface area contributed by atoms with Crippen LogP contribution in [0.1, 0.15) is 31.1 Å². The first-order valence-corrected chi connectivity index (χ1v) is 5.48. The zero-order valence-corrected chi connectivity index (χ0v) is 10.4. The zero-order valence-electron chi connectivity index (χ0n) is 9.61. The predicted octanol–water partition coefficient (Wildman–Crippen LogP) is 2.63. The van der Waals surface area contributed by atoms with E-state index in [-0.39, 0.29) is 12.0 Å². The van der Waals surface area contributed by atoms with Crippen molar-refractivity contribution in [2.24, 2.45) is 0 Å². The molecule has 1 rings (SSSR count). The van der Waals surface area contributed by atoms with Crippen LogP contribution in [0.5, 0.6) is 0 Å². The Morgan fingerprint density at radius 1 is 1.56 bits per heavy atom. The minimum atomic E-state index is -0.368. The van der Waals surface area contributed by atoms with Gasteiger partial charge in [-0.05, 0) is 32.9 Å². The van der Waals surface area contributed by atoms with Gasteiger partial charge in [-0.2, -0.15) is 0 Å². The molecule has 0 amide bonds. The van der Waals surface area contributed by atoms with Crippen LogP contribution >= 0.6 is 11.8 Å². The Balaban J connectivity index is 2.79. The number of hydrogen-bond acceptors (Lipinski definition) is 4. The number of aromatic nitrogens is 1. The number of anilines is 1. The van der Waals surface area contributed by atoms with E-state index in [1.54, 1.807) is 19.1 Å². The van der Waals surface area contributed by atoms with Gasteiger partial charge in [-0.25, -0.2) is 9.78 Å². The van der Waals surface area contributed by atoms with Crippen molar-refractivity contribution in [1.82, 2.24) is 4.98 Å². The van der Waals surface area contributed by atoms with Crippen LogP contribution in [0, 0.1) is 0 Å². The van der Waals surface area contributed by atoms with Crippen molar-refractivity contribution in [2.45, 2.75) is 26.8 Å². The summed E-state index contributed by atoms with van der Waals surface area (Å²) in [7, 11) is 0. The molecule has 0 aliphatic heterocycles. The summed E-state index contributed by atoms with van der Waals surface area (Å²) < 4.78 is 6.36. The zero-order chi connectivity index (χ0) is 12.1. The Morgan fingerprint density at radius 3 is 2.69 bits per heavy atom. The number of nitrogens with zero attached hydrogens (tertiary/aromatic N) is 2. The molecular formula is C11H15ClN2O2. The average Bonchev–Trinajstić information content (AvgIpc) is 2.28. The lowest BCUT2D eigenvalue weighted by Gasteiger charge is -2.18. The van der Waals surface area contributed by atoms with Gasteiger partial charge in [0.2, 0.25) is 0 Å². The Labute approximate surface area is 100 Å². The molecule has 0 spiro atoms. The lowest BCUT2D eigenvalue weighted by molar-refractivity contribution is 0.0526. The highest BCUT2D eigenvalue weighted by Gasteiger charge is 2.11. The number of hydrogen-bond donors (Lipinski definition) is 0. The molecular weight excluding hydrogens is 228 g/mol. The van der Waals surface area contributed by atoms with E-state index in [1.165, 1.54) is 10.6 Å². The molecule has 16 heavy (non-hydrogen) atoms. The van der Waals surface area contributed by atoms with Gasteiger partial charge in [0.15, 0.2) is 0 Å². The van der Waals surface area contributed by atoms with Gasteiger partial charge in [0, 0.05) is 24.0 Å². The third kappa shape index (κ3) is 3.10. The second-order valence-corrected chi connectivity index (χ2v) is 3.89. The van der Waals surface area contributed by atoms with Crippen molar-refractivity contribution >= 4 is 23.6 Å². The normalized spacial score (nSPS) is 10.3. The second kappa shape index (κ2) is 5.70. The third-order valence-electron chi connectivity index (χ3n) is 1.93. The third-order valence-corrected chi connectivity index (χ3v) is 2.49. The van der Waals surface area contributed by atoms with Crippen LogP contribution in [-0.2, 0) is 4.74 Å². The fraction of sp³-hybridized carbons (Fsp3) is 0.455. The van der Waals surface area contributed by atoms with Crippen LogP contribution in [-0.4, -0.2) is 23.6 Å². The van der Waals surface area contributed by atoms with E-state index in [0.717, 1.165) is 0 Å². The summed E-state index contributed by atoms with van der Waals surface area (Å²) in [6.45, 7) is 6.02. The van der Waals surface area contributed by atoms with Crippen LogP contribution in [0.2, 0.25) is 0 Å². The lowest BCUT2D eigenvalue weighted by Crippen LogP contribution is -2.20. The minimum absolute atomic E-state index is 0.141. The highest BCUT2D eigenvalue weighted by atomic mass is 35.5. The number of carbonyl (C=O) groups excluding carboxylic acids is 1. The van der Waals surface area contributed by atoms with Crippen LogP contribution in [0.25, 0.3) is 0 Å². The molecule has 0 aromatic carbocycles. The lowest BCUT2D eigenvalue weighted by atomic mass is 10.3. The van der Waals surface area contributed by atoms with Gasteiger partial charge >= 0.3 is 5.97 Å². The van der Waals surface area contributed by atoms with Crippen molar-refractivity contribution in [3.8, 4) is 0 Å². The number of esters is 1. The van der Waals surface area contributed by atoms with Gasteiger partial charge in [-0.15, -0.1) is 0 Å². The van der Waals surface area contributed by atoms with Crippen molar-refractivity contribution in [2.75, 3.05) is 11.0 Å². The van der Waals surface area contributed by atoms with Crippen molar-refractivity contribution in [1.29, 1.82) is 0 Å². The van der Waals surface area contributed by atoms with Crippen molar-refractivity contribution in [3.05, 3.63) is 23.9 Å². The van der Waals surface area contributed by atoms with E-state index in [1.807, 2.05) is 13.8 Å². The summed E-state index contributed by atoms with van der Waals surface area (Å²) in [6, 6.07) is 3.49. The van der Waals surface area contributed by atoms with Crippen LogP contribution in [0.3, 0.4) is 0 Å². The molecule has 0 saturated heterocycles. The van der Waals surface area contributed by atoms with Crippen LogP contribution in [0.4, 0.5) is 5.82 Å². The molecule has 0 aliphatic carbocycles. The quantitative estimate of drug-likeness (QED) is 0.601. The largest absolute Gasteiger partial charge is 0.462 e. The molecule has 0 bridgehead atoms. The first-order valence-electron chi connectivity index (χ1n) is 5.14. The summed E-state index contributed by atoms with van der Waals surface area (Å²) in [5.74, 6) is 0.247. The summed E-state index contributed by atoms with van der Waals surface area (Å²) in [5.41, 5.74) is 0.430. The SMILES string of the molecule is CCOC(=O)c1ccc(N(Cl)C(C)C)nc1. The van der Waals surface area contributed by atoms with E-state index in [0.29, 0.717) is 18.0 Å². The molecule has 1 aromatic rings. The summed E-state index contributed by atoms with van der Waals surface area (Å²) in [5, 5.41) is 0. The van der Waals surface area contributed by atoms with Gasteiger partial charge in [0.25, 0.3) is 0 Å². The molecule has 5 heteroatoms. The van der Waals surface area contributed by atoms with E-state index >= 15 is 0 Å². The first kappa shape index (κ1) is 12.8. The number of rotatable bonds is 4. The Kier molecular flexibility index (Phi) is 4.55. The molecule has 1 heterocycles.